The van der Waals surface area contributed by atoms with Crippen LogP contribution in [0.5, 0.6) is 0 Å². The highest BCUT2D eigenvalue weighted by Crippen LogP contribution is 2.52. The Morgan fingerprint density at radius 2 is 1.81 bits per heavy atom. The van der Waals surface area contributed by atoms with Crippen LogP contribution in [0.15, 0.2) is 0 Å². The zero-order valence-corrected chi connectivity index (χ0v) is 11.2. The first kappa shape index (κ1) is 15.6. The largest absolute Gasteiger partial charge is 0.327 e. The summed E-state index contributed by atoms with van der Waals surface area (Å²) in [7, 11) is -4.04. The van der Waals surface area contributed by atoms with Crippen molar-refractivity contribution >= 4 is 7.60 Å². The van der Waals surface area contributed by atoms with Crippen LogP contribution in [0.4, 0.5) is 0 Å². The van der Waals surface area contributed by atoms with Crippen molar-refractivity contribution in [3.8, 4) is 6.07 Å². The molecule has 16 heavy (non-hydrogen) atoms. The SMILES string of the molecule is CC(C#N)(CP(=O)(O)O)C1CC1.CCCC. The summed E-state index contributed by atoms with van der Waals surface area (Å²) in [4.78, 5) is 17.4. The molecule has 0 heterocycles. The van der Waals surface area contributed by atoms with Crippen LogP contribution in [0.1, 0.15) is 46.5 Å². The number of nitriles is 1. The van der Waals surface area contributed by atoms with Gasteiger partial charge in [-0.25, -0.2) is 0 Å². The maximum atomic E-state index is 10.7. The Hall–Kier alpha value is -0.360. The van der Waals surface area contributed by atoms with Crippen molar-refractivity contribution in [1.29, 1.82) is 5.26 Å². The Balaban J connectivity index is 0.000000487. The van der Waals surface area contributed by atoms with Gasteiger partial charge < -0.3 is 9.79 Å². The van der Waals surface area contributed by atoms with Gasteiger partial charge in [-0.1, -0.05) is 26.7 Å². The van der Waals surface area contributed by atoms with Crippen LogP contribution in [0.3, 0.4) is 0 Å². The Kier molecular flexibility index (Phi) is 6.25. The van der Waals surface area contributed by atoms with Gasteiger partial charge in [-0.3, -0.25) is 4.57 Å². The molecule has 0 aromatic rings. The molecule has 4 nitrogen and oxygen atoms in total. The Labute approximate surface area is 97.8 Å². The van der Waals surface area contributed by atoms with Crippen molar-refractivity contribution < 1.29 is 14.4 Å². The topological polar surface area (TPSA) is 81.3 Å². The molecule has 94 valence electrons. The molecule has 0 bridgehead atoms. The molecule has 1 saturated carbocycles. The van der Waals surface area contributed by atoms with Gasteiger partial charge >= 0.3 is 7.60 Å². The van der Waals surface area contributed by atoms with Crippen LogP contribution in [-0.2, 0) is 4.57 Å². The quantitative estimate of drug-likeness (QED) is 0.748. The van der Waals surface area contributed by atoms with E-state index in [0.717, 1.165) is 12.8 Å². The van der Waals surface area contributed by atoms with Gasteiger partial charge in [0.1, 0.15) is 0 Å². The standard InChI is InChI=1S/C7H12NO3P.C4H10/c1-7(4-8,6-2-3-6)5-12(9,10)11;1-3-4-2/h6H,2-3,5H2,1H3,(H2,9,10,11);3-4H2,1-2H3. The minimum Gasteiger partial charge on any atom is -0.324 e. The van der Waals surface area contributed by atoms with Crippen LogP contribution in [0.25, 0.3) is 0 Å². The van der Waals surface area contributed by atoms with Gasteiger partial charge in [0, 0.05) is 0 Å². The number of nitrogens with zero attached hydrogens (tertiary/aromatic N) is 1. The second-order valence-electron chi connectivity index (χ2n) is 4.63. The monoisotopic (exact) mass is 247 g/mol. The van der Waals surface area contributed by atoms with Crippen LogP contribution < -0.4 is 0 Å². The molecular formula is C11H22NO3P. The molecule has 0 aromatic heterocycles. The van der Waals surface area contributed by atoms with Gasteiger partial charge in [0.25, 0.3) is 0 Å². The Morgan fingerprint density at radius 3 is 2.00 bits per heavy atom. The lowest BCUT2D eigenvalue weighted by Gasteiger charge is -2.20. The highest BCUT2D eigenvalue weighted by Gasteiger charge is 2.45. The first-order valence-electron chi connectivity index (χ1n) is 5.75. The molecule has 0 radical (unpaired) electrons. The third-order valence-electron chi connectivity index (χ3n) is 2.77. The second-order valence-corrected chi connectivity index (χ2v) is 6.27. The van der Waals surface area contributed by atoms with Crippen LogP contribution >= 0.6 is 7.60 Å². The number of unbranched alkanes of at least 4 members (excludes halogenated alkanes) is 1. The molecule has 0 amide bonds. The maximum absolute atomic E-state index is 10.7. The fourth-order valence-electron chi connectivity index (χ4n) is 1.40. The van der Waals surface area contributed by atoms with Crippen molar-refractivity contribution in [2.24, 2.45) is 11.3 Å². The van der Waals surface area contributed by atoms with E-state index in [9.17, 15) is 4.57 Å². The molecule has 1 unspecified atom stereocenters. The van der Waals surface area contributed by atoms with Crippen LogP contribution in [-0.4, -0.2) is 15.9 Å². The second kappa shape index (κ2) is 6.39. The molecule has 2 N–H and O–H groups in total. The smallest absolute Gasteiger partial charge is 0.324 e. The Morgan fingerprint density at radius 1 is 1.38 bits per heavy atom. The molecule has 1 aliphatic carbocycles. The summed E-state index contributed by atoms with van der Waals surface area (Å²) in [6.45, 7) is 5.99. The zero-order chi connectivity index (χ0) is 12.8. The lowest BCUT2D eigenvalue weighted by molar-refractivity contribution is 0.334. The van der Waals surface area contributed by atoms with E-state index in [1.54, 1.807) is 6.92 Å². The molecule has 1 fully saturated rings. The number of hydrogen-bond acceptors (Lipinski definition) is 2. The highest BCUT2D eigenvalue weighted by atomic mass is 31.2. The number of rotatable bonds is 4. The van der Waals surface area contributed by atoms with Gasteiger partial charge in [0.2, 0.25) is 0 Å². The summed E-state index contributed by atoms with van der Waals surface area (Å²) < 4.78 is 10.7. The normalized spacial score (nSPS) is 19.0. The van der Waals surface area contributed by atoms with Crippen LogP contribution in [0.2, 0.25) is 0 Å². The summed E-state index contributed by atoms with van der Waals surface area (Å²) in [5.41, 5.74) is -0.820. The summed E-state index contributed by atoms with van der Waals surface area (Å²) >= 11 is 0. The summed E-state index contributed by atoms with van der Waals surface area (Å²) in [5, 5.41) is 8.77. The van der Waals surface area contributed by atoms with Gasteiger partial charge in [-0.2, -0.15) is 5.26 Å². The van der Waals surface area contributed by atoms with E-state index >= 15 is 0 Å². The average molecular weight is 247 g/mol. The van der Waals surface area contributed by atoms with E-state index in [1.165, 1.54) is 12.8 Å². The molecular weight excluding hydrogens is 225 g/mol. The van der Waals surface area contributed by atoms with Crippen molar-refractivity contribution in [2.45, 2.75) is 46.5 Å². The first-order chi connectivity index (χ1) is 7.29. The molecule has 1 atom stereocenters. The fraction of sp³-hybridized carbons (Fsp3) is 0.909. The van der Waals surface area contributed by atoms with Crippen molar-refractivity contribution in [2.75, 3.05) is 6.16 Å². The molecule has 5 heteroatoms. The summed E-state index contributed by atoms with van der Waals surface area (Å²) in [6.07, 6.45) is 4.18. The first-order valence-corrected chi connectivity index (χ1v) is 7.54. The maximum Gasteiger partial charge on any atom is 0.327 e. The van der Waals surface area contributed by atoms with Crippen LogP contribution in [0, 0.1) is 22.7 Å². The van der Waals surface area contributed by atoms with Gasteiger partial charge in [-0.05, 0) is 25.7 Å². The summed E-state index contributed by atoms with van der Waals surface area (Å²) in [6, 6.07) is 2.00. The van der Waals surface area contributed by atoms with E-state index in [0.29, 0.717) is 0 Å². The van der Waals surface area contributed by atoms with Crippen molar-refractivity contribution in [1.82, 2.24) is 0 Å². The predicted molar refractivity (Wildman–Crippen MR) is 63.9 cm³/mol. The number of hydrogen-bond donors (Lipinski definition) is 2. The molecule has 0 saturated heterocycles. The molecule has 1 aliphatic rings. The van der Waals surface area contributed by atoms with E-state index < -0.39 is 13.0 Å². The van der Waals surface area contributed by atoms with Gasteiger partial charge in [-0.15, -0.1) is 0 Å². The molecule has 0 aromatic carbocycles. The third kappa shape index (κ3) is 6.27. The van der Waals surface area contributed by atoms with E-state index in [4.69, 9.17) is 15.0 Å². The minimum atomic E-state index is -4.04. The summed E-state index contributed by atoms with van der Waals surface area (Å²) in [5.74, 6) is 0.190. The lowest BCUT2D eigenvalue weighted by atomic mass is 9.89. The highest BCUT2D eigenvalue weighted by molar-refractivity contribution is 7.51. The van der Waals surface area contributed by atoms with Gasteiger partial charge in [0.05, 0.1) is 17.6 Å². The van der Waals surface area contributed by atoms with Crippen molar-refractivity contribution in [3.05, 3.63) is 0 Å². The molecule has 0 spiro atoms. The van der Waals surface area contributed by atoms with E-state index in [-0.39, 0.29) is 12.1 Å². The van der Waals surface area contributed by atoms with Gasteiger partial charge in [0.15, 0.2) is 0 Å². The zero-order valence-electron chi connectivity index (χ0n) is 10.3. The van der Waals surface area contributed by atoms with Crippen molar-refractivity contribution in [3.63, 3.8) is 0 Å². The predicted octanol–water partition coefficient (Wildman–Crippen LogP) is 2.91. The molecule has 1 rings (SSSR count). The molecule has 0 aliphatic heterocycles. The Bertz CT molecular complexity index is 288. The lowest BCUT2D eigenvalue weighted by Crippen LogP contribution is -2.21. The minimum absolute atomic E-state index is 0.190. The fourth-order valence-corrected chi connectivity index (χ4v) is 2.59. The van der Waals surface area contributed by atoms with E-state index in [2.05, 4.69) is 13.8 Å². The third-order valence-corrected chi connectivity index (χ3v) is 3.84. The average Bonchev–Trinajstić information content (AvgIpc) is 2.99. The van der Waals surface area contributed by atoms with E-state index in [1.807, 2.05) is 6.07 Å².